The smallest absolute Gasteiger partial charge is 0.215 e. The molecule has 1 aromatic carbocycles. The molecular formula is C25H28N8O. The fourth-order valence-electron chi connectivity index (χ4n) is 4.59. The topological polar surface area (TPSA) is 99.3 Å². The van der Waals surface area contributed by atoms with Crippen LogP contribution in [0.1, 0.15) is 36.5 Å². The fraction of sp³-hybridized carbons (Fsp3) is 0.320. The molecule has 9 heteroatoms. The third-order valence-electron chi connectivity index (χ3n) is 6.25. The zero-order chi connectivity index (χ0) is 23.8. The van der Waals surface area contributed by atoms with Gasteiger partial charge in [-0.05, 0) is 48.7 Å². The Balaban J connectivity index is 1.54. The van der Waals surface area contributed by atoms with E-state index in [4.69, 9.17) is 14.7 Å². The number of hydrogen-bond acceptors (Lipinski definition) is 6. The van der Waals surface area contributed by atoms with E-state index in [2.05, 4.69) is 80.9 Å². The van der Waals surface area contributed by atoms with Crippen molar-refractivity contribution in [2.75, 3.05) is 7.11 Å². The first-order valence-corrected chi connectivity index (χ1v) is 11.5. The van der Waals surface area contributed by atoms with Crippen molar-refractivity contribution < 1.29 is 4.74 Å². The molecule has 0 saturated heterocycles. The molecule has 0 spiro atoms. The molecule has 34 heavy (non-hydrogen) atoms. The fourth-order valence-corrected chi connectivity index (χ4v) is 4.59. The van der Waals surface area contributed by atoms with Crippen molar-refractivity contribution in [2.24, 2.45) is 0 Å². The quantitative estimate of drug-likeness (QED) is 0.391. The number of nitrogens with zero attached hydrogens (tertiary/aromatic N) is 7. The van der Waals surface area contributed by atoms with Crippen LogP contribution in [0.2, 0.25) is 0 Å². The van der Waals surface area contributed by atoms with Gasteiger partial charge in [-0.25, -0.2) is 4.98 Å². The van der Waals surface area contributed by atoms with Crippen LogP contribution in [-0.2, 0) is 19.5 Å². The van der Waals surface area contributed by atoms with E-state index in [-0.39, 0.29) is 0 Å². The van der Waals surface area contributed by atoms with Crippen LogP contribution in [0.15, 0.2) is 36.4 Å². The van der Waals surface area contributed by atoms with Crippen molar-refractivity contribution >= 4 is 11.2 Å². The summed E-state index contributed by atoms with van der Waals surface area (Å²) in [5.41, 5.74) is 8.36. The molecule has 0 amide bonds. The molecule has 174 valence electrons. The molecule has 0 unspecified atom stereocenters. The molecule has 0 aliphatic rings. The average Bonchev–Trinajstić information content (AvgIpc) is 3.57. The maximum atomic E-state index is 5.41. The Bertz CT molecular complexity index is 1450. The lowest BCUT2D eigenvalue weighted by molar-refractivity contribution is 0.398. The summed E-state index contributed by atoms with van der Waals surface area (Å²) in [6.07, 6.45) is 0.827. The van der Waals surface area contributed by atoms with E-state index in [9.17, 15) is 0 Å². The molecule has 9 nitrogen and oxygen atoms in total. The van der Waals surface area contributed by atoms with Crippen LogP contribution in [0.4, 0.5) is 0 Å². The molecule has 0 bridgehead atoms. The highest BCUT2D eigenvalue weighted by Gasteiger charge is 2.19. The Morgan fingerprint density at radius 2 is 1.79 bits per heavy atom. The molecule has 0 aliphatic heterocycles. The second-order valence-corrected chi connectivity index (χ2v) is 8.35. The number of H-pyrrole nitrogens is 1. The van der Waals surface area contributed by atoms with Crippen LogP contribution in [0.3, 0.4) is 0 Å². The summed E-state index contributed by atoms with van der Waals surface area (Å²) in [6.45, 7) is 9.95. The highest BCUT2D eigenvalue weighted by Crippen LogP contribution is 2.33. The molecule has 0 aliphatic carbocycles. The van der Waals surface area contributed by atoms with Gasteiger partial charge in [0.25, 0.3) is 0 Å². The Labute approximate surface area is 197 Å². The molecule has 0 radical (unpaired) electrons. The molecule has 0 fully saturated rings. The number of aromatic nitrogens is 8. The number of rotatable bonds is 7. The van der Waals surface area contributed by atoms with Gasteiger partial charge in [-0.3, -0.25) is 0 Å². The number of hydrogen-bond donors (Lipinski definition) is 1. The highest BCUT2D eigenvalue weighted by atomic mass is 16.5. The number of benzene rings is 1. The van der Waals surface area contributed by atoms with Gasteiger partial charge in [0.15, 0.2) is 5.65 Å². The minimum absolute atomic E-state index is 0.599. The second-order valence-electron chi connectivity index (χ2n) is 8.35. The lowest BCUT2D eigenvalue weighted by Gasteiger charge is -2.12. The minimum atomic E-state index is 0.599. The van der Waals surface area contributed by atoms with Gasteiger partial charge >= 0.3 is 0 Å². The number of nitrogens with one attached hydrogen (secondary N) is 1. The molecular weight excluding hydrogens is 428 g/mol. The van der Waals surface area contributed by atoms with Crippen molar-refractivity contribution in [3.05, 3.63) is 59.0 Å². The standard InChI is InChI=1S/C25H28N8O/c1-6-20-26-22-15(3)12-21(34-5)27-25(22)33(20)14-17-8-10-18(11-9-17)23-19(24-28-30-31-29-24)13-16(4)32(23)7-2/h8-13H,6-7,14H2,1-5H3,(H,28,29,30,31). The first-order chi connectivity index (χ1) is 16.5. The Kier molecular flexibility index (Phi) is 5.61. The van der Waals surface area contributed by atoms with E-state index in [0.29, 0.717) is 18.2 Å². The van der Waals surface area contributed by atoms with Gasteiger partial charge in [-0.1, -0.05) is 31.2 Å². The van der Waals surface area contributed by atoms with Gasteiger partial charge < -0.3 is 13.9 Å². The summed E-state index contributed by atoms with van der Waals surface area (Å²) in [4.78, 5) is 9.55. The number of methoxy groups -OCH3 is 1. The number of ether oxygens (including phenoxy) is 1. The maximum Gasteiger partial charge on any atom is 0.215 e. The van der Waals surface area contributed by atoms with E-state index in [1.165, 1.54) is 5.56 Å². The lowest BCUT2D eigenvalue weighted by Crippen LogP contribution is -2.06. The molecule has 4 heterocycles. The Hall–Kier alpha value is -4.01. The number of fused-ring (bicyclic) bond motifs is 1. The molecule has 0 atom stereocenters. The van der Waals surface area contributed by atoms with Gasteiger partial charge in [0.05, 0.1) is 19.3 Å². The summed E-state index contributed by atoms with van der Waals surface area (Å²) in [5, 5.41) is 14.7. The van der Waals surface area contributed by atoms with Crippen LogP contribution >= 0.6 is 0 Å². The monoisotopic (exact) mass is 456 g/mol. The van der Waals surface area contributed by atoms with Crippen molar-refractivity contribution in [3.63, 3.8) is 0 Å². The van der Waals surface area contributed by atoms with Crippen LogP contribution in [0.25, 0.3) is 33.8 Å². The van der Waals surface area contributed by atoms with Crippen molar-refractivity contribution in [3.8, 4) is 28.5 Å². The summed E-state index contributed by atoms with van der Waals surface area (Å²) >= 11 is 0. The van der Waals surface area contributed by atoms with Crippen molar-refractivity contribution in [1.82, 2.24) is 39.7 Å². The first kappa shape index (κ1) is 21.8. The normalized spacial score (nSPS) is 11.4. The van der Waals surface area contributed by atoms with Crippen LogP contribution in [0, 0.1) is 13.8 Å². The first-order valence-electron chi connectivity index (χ1n) is 11.5. The maximum absolute atomic E-state index is 5.41. The summed E-state index contributed by atoms with van der Waals surface area (Å²) < 4.78 is 9.87. The van der Waals surface area contributed by atoms with Gasteiger partial charge in [-0.2, -0.15) is 10.2 Å². The van der Waals surface area contributed by atoms with E-state index in [1.807, 2.05) is 13.0 Å². The molecule has 4 aromatic heterocycles. The lowest BCUT2D eigenvalue weighted by atomic mass is 10.0. The van der Waals surface area contributed by atoms with Gasteiger partial charge in [0, 0.05) is 30.3 Å². The van der Waals surface area contributed by atoms with Crippen molar-refractivity contribution in [2.45, 2.75) is 47.2 Å². The zero-order valence-corrected chi connectivity index (χ0v) is 20.1. The number of pyridine rings is 1. The highest BCUT2D eigenvalue weighted by molar-refractivity contribution is 5.79. The third kappa shape index (κ3) is 3.63. The summed E-state index contributed by atoms with van der Waals surface area (Å²) in [7, 11) is 1.64. The van der Waals surface area contributed by atoms with Crippen LogP contribution in [-0.4, -0.2) is 46.8 Å². The minimum Gasteiger partial charge on any atom is -0.481 e. The van der Waals surface area contributed by atoms with Crippen LogP contribution < -0.4 is 4.74 Å². The van der Waals surface area contributed by atoms with E-state index in [1.54, 1.807) is 7.11 Å². The predicted octanol–water partition coefficient (Wildman–Crippen LogP) is 4.34. The molecule has 5 rings (SSSR count). The van der Waals surface area contributed by atoms with Gasteiger partial charge in [0.1, 0.15) is 11.3 Å². The average molecular weight is 457 g/mol. The SMILES string of the molecule is CCc1nc2c(C)cc(OC)nc2n1Cc1ccc(-c2c(-c3nn[nH]n3)cc(C)n2CC)cc1. The molecule has 0 saturated carbocycles. The number of tetrazole rings is 1. The second kappa shape index (κ2) is 8.74. The van der Waals surface area contributed by atoms with Crippen LogP contribution in [0.5, 0.6) is 5.88 Å². The molecule has 5 aromatic rings. The van der Waals surface area contributed by atoms with E-state index >= 15 is 0 Å². The zero-order valence-electron chi connectivity index (χ0n) is 20.1. The Morgan fingerprint density at radius 3 is 2.44 bits per heavy atom. The molecule has 1 N–H and O–H groups in total. The number of aryl methyl sites for hydroxylation is 3. The third-order valence-corrected chi connectivity index (χ3v) is 6.25. The predicted molar refractivity (Wildman–Crippen MR) is 131 cm³/mol. The number of imidazole rings is 1. The van der Waals surface area contributed by atoms with Gasteiger partial charge in [0.2, 0.25) is 11.7 Å². The van der Waals surface area contributed by atoms with E-state index in [0.717, 1.165) is 58.0 Å². The summed E-state index contributed by atoms with van der Waals surface area (Å²) in [6, 6.07) is 12.7. The van der Waals surface area contributed by atoms with E-state index < -0.39 is 0 Å². The Morgan fingerprint density at radius 1 is 1.00 bits per heavy atom. The summed E-state index contributed by atoms with van der Waals surface area (Å²) in [5.74, 6) is 2.22. The number of aromatic amines is 1. The van der Waals surface area contributed by atoms with Crippen molar-refractivity contribution in [1.29, 1.82) is 0 Å². The van der Waals surface area contributed by atoms with Gasteiger partial charge in [-0.15, -0.1) is 10.2 Å². The largest absolute Gasteiger partial charge is 0.481 e.